The van der Waals surface area contributed by atoms with Crippen molar-refractivity contribution < 1.29 is 22.7 Å². The standard InChI is InChI=1S/C34H39Cl2N5O5S.ClH/c1-3-46-28-19-22(2)29(47(44,45)41-16-5-4-6-17-41)20-27(28)34(33(43)40-18-15-37-30(42)21-40)38-31(23-7-11-25(35)12-8-23)32(39-34)24-9-13-26(36)14-10-24;/h7-14,19-20,31-32,38-39H,3-6,15-18,21H2,1-2H3,(H,37,42);1H/t31-,32+,34?;. The van der Waals surface area contributed by atoms with Crippen LogP contribution in [0.4, 0.5) is 0 Å². The second-order valence-electron chi connectivity index (χ2n) is 12.2. The molecule has 3 fully saturated rings. The number of carbonyl (C=O) groups is 2. The number of sulfonamides is 1. The number of ether oxygens (including phenoxy) is 1. The zero-order valence-electron chi connectivity index (χ0n) is 26.8. The molecule has 0 spiro atoms. The zero-order chi connectivity index (χ0) is 33.3. The highest BCUT2D eigenvalue weighted by Gasteiger charge is 2.55. The molecule has 0 aliphatic carbocycles. The van der Waals surface area contributed by atoms with Gasteiger partial charge in [-0.2, -0.15) is 4.31 Å². The molecule has 0 radical (unpaired) electrons. The van der Waals surface area contributed by atoms with Crippen LogP contribution in [0.25, 0.3) is 0 Å². The SMILES string of the molecule is CCOc1cc(C)c(S(=O)(=O)N2CCCCC2)cc1C1(C(=O)N2CCNC(=O)C2)N[C@H](c2ccc(Cl)cc2)[C@H](c2ccc(Cl)cc2)N1.Cl. The van der Waals surface area contributed by atoms with Crippen LogP contribution in [0.1, 0.15) is 60.5 Å². The van der Waals surface area contributed by atoms with Crippen molar-refractivity contribution in [2.45, 2.75) is 55.8 Å². The first-order valence-electron chi connectivity index (χ1n) is 15.9. The van der Waals surface area contributed by atoms with Crippen molar-refractivity contribution >= 4 is 57.4 Å². The van der Waals surface area contributed by atoms with Gasteiger partial charge in [-0.1, -0.05) is 53.9 Å². The van der Waals surface area contributed by atoms with Crippen LogP contribution in [-0.4, -0.2) is 68.8 Å². The number of amides is 2. The van der Waals surface area contributed by atoms with E-state index in [1.54, 1.807) is 43.3 Å². The molecule has 3 aromatic rings. The van der Waals surface area contributed by atoms with Crippen LogP contribution in [0.3, 0.4) is 0 Å². The number of aryl methyl sites for hydroxylation is 1. The van der Waals surface area contributed by atoms with Crippen LogP contribution in [0.15, 0.2) is 65.6 Å². The molecular weight excluding hydrogens is 697 g/mol. The van der Waals surface area contributed by atoms with Crippen molar-refractivity contribution in [2.75, 3.05) is 39.3 Å². The molecule has 0 bridgehead atoms. The lowest BCUT2D eigenvalue weighted by Gasteiger charge is -2.38. The van der Waals surface area contributed by atoms with Crippen LogP contribution >= 0.6 is 35.6 Å². The highest BCUT2D eigenvalue weighted by Crippen LogP contribution is 2.46. The molecular formula is C34H40Cl3N5O5S. The maximum atomic E-state index is 15.0. The van der Waals surface area contributed by atoms with E-state index in [4.69, 9.17) is 27.9 Å². The van der Waals surface area contributed by atoms with E-state index in [0.29, 0.717) is 46.6 Å². The van der Waals surface area contributed by atoms with Crippen molar-refractivity contribution in [1.29, 1.82) is 0 Å². The van der Waals surface area contributed by atoms with Gasteiger partial charge in [0.25, 0.3) is 5.91 Å². The van der Waals surface area contributed by atoms with Crippen molar-refractivity contribution in [3.05, 3.63) is 93.0 Å². The van der Waals surface area contributed by atoms with E-state index < -0.39 is 33.7 Å². The lowest BCUT2D eigenvalue weighted by Crippen LogP contribution is -2.62. The molecule has 0 aromatic heterocycles. The molecule has 3 N–H and O–H groups in total. The first kappa shape index (κ1) is 36.4. The monoisotopic (exact) mass is 735 g/mol. The van der Waals surface area contributed by atoms with Crippen molar-refractivity contribution in [3.63, 3.8) is 0 Å². The number of piperidine rings is 1. The quantitative estimate of drug-likeness (QED) is 0.295. The number of rotatable bonds is 8. The summed E-state index contributed by atoms with van der Waals surface area (Å²) in [5, 5.41) is 11.1. The minimum absolute atomic E-state index is 0. The van der Waals surface area contributed by atoms with E-state index >= 15 is 0 Å². The zero-order valence-corrected chi connectivity index (χ0v) is 29.9. The normalized spacial score (nSPS) is 23.3. The lowest BCUT2D eigenvalue weighted by molar-refractivity contribution is -0.144. The van der Waals surface area contributed by atoms with Gasteiger partial charge in [-0.15, -0.1) is 12.4 Å². The predicted octanol–water partition coefficient (Wildman–Crippen LogP) is 5.08. The molecule has 3 heterocycles. The third-order valence-electron chi connectivity index (χ3n) is 9.10. The third kappa shape index (κ3) is 7.05. The molecule has 14 heteroatoms. The van der Waals surface area contributed by atoms with Crippen LogP contribution in [0.5, 0.6) is 5.75 Å². The summed E-state index contributed by atoms with van der Waals surface area (Å²) in [5.41, 5.74) is 0.839. The Hall–Kier alpha value is -2.90. The maximum Gasteiger partial charge on any atom is 0.263 e. The third-order valence-corrected chi connectivity index (χ3v) is 11.6. The molecule has 3 saturated heterocycles. The highest BCUT2D eigenvalue weighted by molar-refractivity contribution is 7.89. The summed E-state index contributed by atoms with van der Waals surface area (Å²) in [6, 6.07) is 17.0. The molecule has 10 nitrogen and oxygen atoms in total. The molecule has 6 rings (SSSR count). The summed E-state index contributed by atoms with van der Waals surface area (Å²) in [7, 11) is -3.90. The molecule has 0 saturated carbocycles. The molecule has 258 valence electrons. The van der Waals surface area contributed by atoms with Crippen molar-refractivity contribution in [2.24, 2.45) is 0 Å². The average Bonchev–Trinajstić information content (AvgIpc) is 3.47. The lowest BCUT2D eigenvalue weighted by atomic mass is 9.95. The summed E-state index contributed by atoms with van der Waals surface area (Å²) in [5.74, 6) is -0.332. The summed E-state index contributed by atoms with van der Waals surface area (Å²) in [6.45, 7) is 5.16. The number of hydrogen-bond acceptors (Lipinski definition) is 7. The number of nitrogens with one attached hydrogen (secondary N) is 3. The largest absolute Gasteiger partial charge is 0.493 e. The molecule has 1 unspecified atom stereocenters. The number of hydrogen-bond donors (Lipinski definition) is 3. The van der Waals surface area contributed by atoms with Gasteiger partial charge in [-0.3, -0.25) is 20.2 Å². The molecule has 3 atom stereocenters. The highest BCUT2D eigenvalue weighted by atomic mass is 35.5. The summed E-state index contributed by atoms with van der Waals surface area (Å²) >= 11 is 12.5. The molecule has 3 aliphatic heterocycles. The first-order chi connectivity index (χ1) is 22.5. The van der Waals surface area contributed by atoms with E-state index in [9.17, 15) is 18.0 Å². The van der Waals surface area contributed by atoms with E-state index in [0.717, 1.165) is 30.4 Å². The van der Waals surface area contributed by atoms with Gasteiger partial charge in [0.15, 0.2) is 5.66 Å². The second kappa shape index (κ2) is 14.9. The van der Waals surface area contributed by atoms with Crippen molar-refractivity contribution in [1.82, 2.24) is 25.2 Å². The van der Waals surface area contributed by atoms with E-state index in [-0.39, 0.29) is 42.9 Å². The Bertz CT molecular complexity index is 1700. The smallest absolute Gasteiger partial charge is 0.263 e. The average molecular weight is 737 g/mol. The summed E-state index contributed by atoms with van der Waals surface area (Å²) < 4.78 is 36.0. The Morgan fingerprint density at radius 3 is 2.00 bits per heavy atom. The second-order valence-corrected chi connectivity index (χ2v) is 15.0. The molecule has 48 heavy (non-hydrogen) atoms. The minimum atomic E-state index is -3.90. The molecule has 2 amide bonds. The fourth-order valence-corrected chi connectivity index (χ4v) is 8.76. The van der Waals surface area contributed by atoms with Gasteiger partial charge in [-0.05, 0) is 79.8 Å². The fourth-order valence-electron chi connectivity index (χ4n) is 6.76. The number of carbonyl (C=O) groups excluding carboxylic acids is 2. The fraction of sp³-hybridized carbons (Fsp3) is 0.412. The number of piperazine rings is 1. The van der Waals surface area contributed by atoms with Gasteiger partial charge in [-0.25, -0.2) is 8.42 Å². The Kier molecular flexibility index (Phi) is 11.3. The van der Waals surface area contributed by atoms with Crippen LogP contribution < -0.4 is 20.7 Å². The van der Waals surface area contributed by atoms with Crippen molar-refractivity contribution in [3.8, 4) is 5.75 Å². The van der Waals surface area contributed by atoms with Gasteiger partial charge in [0.05, 0.1) is 30.1 Å². The van der Waals surface area contributed by atoms with Crippen LogP contribution in [0.2, 0.25) is 10.0 Å². The van der Waals surface area contributed by atoms with Gasteiger partial charge < -0.3 is 15.0 Å². The van der Waals surface area contributed by atoms with Gasteiger partial charge in [0.1, 0.15) is 5.75 Å². The summed E-state index contributed by atoms with van der Waals surface area (Å²) in [4.78, 5) is 29.2. The minimum Gasteiger partial charge on any atom is -0.493 e. The Balaban J connectivity index is 0.00000451. The van der Waals surface area contributed by atoms with Crippen LogP contribution in [0, 0.1) is 6.92 Å². The van der Waals surface area contributed by atoms with E-state index in [2.05, 4.69) is 16.0 Å². The number of halogens is 3. The van der Waals surface area contributed by atoms with Gasteiger partial charge in [0.2, 0.25) is 15.9 Å². The topological polar surface area (TPSA) is 120 Å². The van der Waals surface area contributed by atoms with E-state index in [1.807, 2.05) is 31.2 Å². The van der Waals surface area contributed by atoms with E-state index in [1.165, 1.54) is 9.21 Å². The Labute approximate surface area is 297 Å². The first-order valence-corrected chi connectivity index (χ1v) is 18.1. The van der Waals surface area contributed by atoms with Crippen LogP contribution in [-0.2, 0) is 25.3 Å². The number of benzene rings is 3. The molecule has 3 aromatic carbocycles. The predicted molar refractivity (Wildman–Crippen MR) is 188 cm³/mol. The summed E-state index contributed by atoms with van der Waals surface area (Å²) in [6.07, 6.45) is 2.55. The Morgan fingerprint density at radius 1 is 0.917 bits per heavy atom. The van der Waals surface area contributed by atoms with Gasteiger partial charge >= 0.3 is 0 Å². The Morgan fingerprint density at radius 2 is 1.48 bits per heavy atom. The van der Waals surface area contributed by atoms with Gasteiger partial charge in [0, 0.05) is 41.8 Å². The maximum absolute atomic E-state index is 15.0. The molecule has 3 aliphatic rings. The number of nitrogens with zero attached hydrogens (tertiary/aromatic N) is 2.